The monoisotopic (exact) mass is 143 g/mol. The fourth-order valence-corrected chi connectivity index (χ4v) is 1.35. The van der Waals surface area contributed by atoms with Gasteiger partial charge in [-0.2, -0.15) is 0 Å². The predicted molar refractivity (Wildman–Crippen MR) is 38.7 cm³/mol. The molecule has 1 heterocycles. The number of hydrogen-bond donors (Lipinski definition) is 0. The highest BCUT2D eigenvalue weighted by atomic mass is 32.2. The fraction of sp³-hybridized carbons (Fsp3) is 0.500. The highest BCUT2D eigenvalue weighted by Crippen LogP contribution is 2.15. The third-order valence-corrected chi connectivity index (χ3v) is 1.91. The zero-order valence-corrected chi connectivity index (χ0v) is 6.15. The molecule has 1 rings (SSSR count). The van der Waals surface area contributed by atoms with Crippen molar-refractivity contribution in [2.24, 2.45) is 0 Å². The molecule has 0 atom stereocenters. The highest BCUT2D eigenvalue weighted by molar-refractivity contribution is 8.02. The third-order valence-electron chi connectivity index (χ3n) is 1.17. The van der Waals surface area contributed by atoms with Crippen LogP contribution in [-0.2, 0) is 4.79 Å². The number of carbonyl (C=O) groups is 1. The zero-order valence-electron chi connectivity index (χ0n) is 5.33. The molecule has 1 aliphatic rings. The van der Waals surface area contributed by atoms with E-state index in [0.717, 1.165) is 5.88 Å². The van der Waals surface area contributed by atoms with Gasteiger partial charge in [-0.05, 0) is 5.41 Å². The van der Waals surface area contributed by atoms with E-state index >= 15 is 0 Å². The van der Waals surface area contributed by atoms with E-state index in [-0.39, 0.29) is 5.91 Å². The molecule has 0 unspecified atom stereocenters. The first-order valence-corrected chi connectivity index (χ1v) is 3.97. The van der Waals surface area contributed by atoms with E-state index in [0.29, 0.717) is 6.42 Å². The molecule has 0 aromatic carbocycles. The van der Waals surface area contributed by atoms with E-state index < -0.39 is 0 Å². The summed E-state index contributed by atoms with van der Waals surface area (Å²) < 4.78 is 0. The summed E-state index contributed by atoms with van der Waals surface area (Å²) >= 11 is 1.65. The van der Waals surface area contributed by atoms with Gasteiger partial charge in [0.05, 0.1) is 5.88 Å². The largest absolute Gasteiger partial charge is 0.309 e. The molecule has 50 valence electrons. The Labute approximate surface area is 58.9 Å². The predicted octanol–water partition coefficient (Wildman–Crippen LogP) is 1.40. The number of rotatable bonds is 1. The Kier molecular flexibility index (Phi) is 2.16. The second-order valence-electron chi connectivity index (χ2n) is 1.80. The smallest absolute Gasteiger partial charge is 0.227 e. The van der Waals surface area contributed by atoms with Crippen LogP contribution in [0.25, 0.3) is 0 Å². The molecule has 0 spiro atoms. The molecule has 0 aliphatic carbocycles. The number of nitrogens with zero attached hydrogens (tertiary/aromatic N) is 1. The molecular weight excluding hydrogens is 134 g/mol. The van der Waals surface area contributed by atoms with Crippen molar-refractivity contribution in [1.29, 1.82) is 0 Å². The number of hydrogen-bond acceptors (Lipinski definition) is 2. The van der Waals surface area contributed by atoms with Crippen LogP contribution >= 0.6 is 11.8 Å². The van der Waals surface area contributed by atoms with Crippen molar-refractivity contribution in [3.63, 3.8) is 0 Å². The lowest BCUT2D eigenvalue weighted by molar-refractivity contribution is -0.127. The Morgan fingerprint density at radius 2 is 2.67 bits per heavy atom. The van der Waals surface area contributed by atoms with E-state index in [1.54, 1.807) is 16.7 Å². The number of amides is 1. The molecule has 0 radical (unpaired) electrons. The van der Waals surface area contributed by atoms with Gasteiger partial charge < -0.3 is 4.90 Å². The summed E-state index contributed by atoms with van der Waals surface area (Å²) in [6.07, 6.45) is 2.43. The normalized spacial score (nSPS) is 16.8. The molecule has 2 nitrogen and oxygen atoms in total. The molecule has 1 amide bonds. The van der Waals surface area contributed by atoms with E-state index in [1.165, 1.54) is 0 Å². The first-order valence-electron chi connectivity index (χ1n) is 2.92. The number of carbonyl (C=O) groups excluding carboxylic acids is 1. The lowest BCUT2D eigenvalue weighted by Gasteiger charge is -2.09. The maximum atomic E-state index is 10.9. The van der Waals surface area contributed by atoms with Gasteiger partial charge >= 0.3 is 0 Å². The lowest BCUT2D eigenvalue weighted by Crippen LogP contribution is -2.21. The minimum absolute atomic E-state index is 0.205. The van der Waals surface area contributed by atoms with Gasteiger partial charge in [0.25, 0.3) is 0 Å². The SMILES string of the molecule is CCC(=O)N1C=CSC1. The van der Waals surface area contributed by atoms with Gasteiger partial charge in [0.2, 0.25) is 5.91 Å². The molecule has 0 aromatic heterocycles. The quantitative estimate of drug-likeness (QED) is 0.553. The van der Waals surface area contributed by atoms with E-state index in [4.69, 9.17) is 0 Å². The van der Waals surface area contributed by atoms with Crippen LogP contribution in [0.3, 0.4) is 0 Å². The Balaban J connectivity index is 2.43. The molecule has 0 N–H and O–H groups in total. The van der Waals surface area contributed by atoms with Crippen molar-refractivity contribution in [3.8, 4) is 0 Å². The van der Waals surface area contributed by atoms with Crippen LogP contribution in [0.15, 0.2) is 11.6 Å². The average Bonchev–Trinajstić information content (AvgIpc) is 2.37. The molecular formula is C6H9NOS. The highest BCUT2D eigenvalue weighted by Gasteiger charge is 2.10. The summed E-state index contributed by atoms with van der Waals surface area (Å²) in [5, 5.41) is 1.94. The van der Waals surface area contributed by atoms with Crippen LogP contribution in [0, 0.1) is 0 Å². The third kappa shape index (κ3) is 1.48. The molecule has 1 aliphatic heterocycles. The van der Waals surface area contributed by atoms with Gasteiger partial charge in [-0.25, -0.2) is 0 Å². The Bertz CT molecular complexity index is 144. The van der Waals surface area contributed by atoms with Crippen LogP contribution in [0.1, 0.15) is 13.3 Å². The first-order chi connectivity index (χ1) is 4.34. The van der Waals surface area contributed by atoms with Crippen molar-refractivity contribution < 1.29 is 4.79 Å². The minimum atomic E-state index is 0.205. The maximum absolute atomic E-state index is 10.9. The Morgan fingerprint density at radius 3 is 3.11 bits per heavy atom. The Morgan fingerprint density at radius 1 is 1.89 bits per heavy atom. The molecule has 0 saturated carbocycles. The van der Waals surface area contributed by atoms with Crippen molar-refractivity contribution in [1.82, 2.24) is 4.90 Å². The van der Waals surface area contributed by atoms with Crippen LogP contribution in [0.2, 0.25) is 0 Å². The standard InChI is InChI=1S/C6H9NOS/c1-2-6(8)7-3-4-9-5-7/h3-4H,2,5H2,1H3. The number of thioether (sulfide) groups is 1. The van der Waals surface area contributed by atoms with Crippen LogP contribution < -0.4 is 0 Å². The molecule has 0 fully saturated rings. The van der Waals surface area contributed by atoms with Gasteiger partial charge in [0.15, 0.2) is 0 Å². The van der Waals surface area contributed by atoms with Crippen molar-refractivity contribution in [2.75, 3.05) is 5.88 Å². The minimum Gasteiger partial charge on any atom is -0.309 e. The molecule has 0 aromatic rings. The summed E-state index contributed by atoms with van der Waals surface area (Å²) in [4.78, 5) is 12.6. The maximum Gasteiger partial charge on any atom is 0.227 e. The summed E-state index contributed by atoms with van der Waals surface area (Å²) in [5.41, 5.74) is 0. The summed E-state index contributed by atoms with van der Waals surface area (Å²) in [6, 6.07) is 0. The van der Waals surface area contributed by atoms with E-state index in [9.17, 15) is 4.79 Å². The Hall–Kier alpha value is -0.440. The van der Waals surface area contributed by atoms with Gasteiger partial charge in [0.1, 0.15) is 0 Å². The average molecular weight is 143 g/mol. The zero-order chi connectivity index (χ0) is 6.69. The van der Waals surface area contributed by atoms with Crippen LogP contribution in [0.4, 0.5) is 0 Å². The molecule has 0 bridgehead atoms. The first kappa shape index (κ1) is 6.68. The summed E-state index contributed by atoms with van der Waals surface area (Å²) in [6.45, 7) is 1.87. The van der Waals surface area contributed by atoms with Crippen LogP contribution in [-0.4, -0.2) is 16.7 Å². The van der Waals surface area contributed by atoms with Gasteiger partial charge in [-0.3, -0.25) is 4.79 Å². The molecule has 9 heavy (non-hydrogen) atoms. The van der Waals surface area contributed by atoms with Gasteiger partial charge in [-0.15, -0.1) is 11.8 Å². The lowest BCUT2D eigenvalue weighted by atomic mass is 10.4. The second kappa shape index (κ2) is 2.92. The van der Waals surface area contributed by atoms with E-state index in [2.05, 4.69) is 0 Å². The topological polar surface area (TPSA) is 20.3 Å². The molecule has 0 saturated heterocycles. The van der Waals surface area contributed by atoms with Crippen LogP contribution in [0.5, 0.6) is 0 Å². The van der Waals surface area contributed by atoms with Crippen molar-refractivity contribution in [3.05, 3.63) is 11.6 Å². The second-order valence-corrected chi connectivity index (χ2v) is 2.66. The summed E-state index contributed by atoms with van der Waals surface area (Å²) in [5.74, 6) is 1.00. The van der Waals surface area contributed by atoms with Crippen molar-refractivity contribution >= 4 is 17.7 Å². The van der Waals surface area contributed by atoms with Crippen molar-refractivity contribution in [2.45, 2.75) is 13.3 Å². The van der Waals surface area contributed by atoms with Gasteiger partial charge in [-0.1, -0.05) is 6.92 Å². The van der Waals surface area contributed by atoms with Gasteiger partial charge in [0, 0.05) is 12.6 Å². The van der Waals surface area contributed by atoms with E-state index in [1.807, 2.05) is 18.5 Å². The molecule has 3 heteroatoms. The fourth-order valence-electron chi connectivity index (χ4n) is 0.641. The summed E-state index contributed by atoms with van der Waals surface area (Å²) in [7, 11) is 0.